The molecule has 32 heavy (non-hydrogen) atoms. The number of anilines is 1. The van der Waals surface area contributed by atoms with Gasteiger partial charge in [-0.1, -0.05) is 12.1 Å². The average Bonchev–Trinajstić information content (AvgIpc) is 2.74. The van der Waals surface area contributed by atoms with Gasteiger partial charge in [0.25, 0.3) is 5.91 Å². The molecule has 0 saturated carbocycles. The van der Waals surface area contributed by atoms with Gasteiger partial charge < -0.3 is 14.8 Å². The van der Waals surface area contributed by atoms with Crippen molar-refractivity contribution >= 4 is 21.6 Å². The van der Waals surface area contributed by atoms with Gasteiger partial charge in [-0.05, 0) is 44.2 Å². The smallest absolute Gasteiger partial charge is 0.417 e. The van der Waals surface area contributed by atoms with Crippen molar-refractivity contribution < 1.29 is 35.9 Å². The van der Waals surface area contributed by atoms with Crippen molar-refractivity contribution in [1.82, 2.24) is 4.31 Å². The lowest BCUT2D eigenvalue weighted by Crippen LogP contribution is -2.40. The van der Waals surface area contributed by atoms with Crippen LogP contribution in [0.2, 0.25) is 0 Å². The molecule has 2 aromatic carbocycles. The first-order valence-corrected chi connectivity index (χ1v) is 11.3. The highest BCUT2D eigenvalue weighted by Crippen LogP contribution is 2.34. The van der Waals surface area contributed by atoms with Gasteiger partial charge in [-0.25, -0.2) is 8.42 Å². The number of ether oxygens (including phenoxy) is 2. The minimum absolute atomic E-state index is 0.0463. The zero-order chi connectivity index (χ0) is 23.5. The van der Waals surface area contributed by atoms with E-state index in [1.54, 1.807) is 13.8 Å². The zero-order valence-corrected chi connectivity index (χ0v) is 18.3. The van der Waals surface area contributed by atoms with Gasteiger partial charge in [0.1, 0.15) is 5.75 Å². The Morgan fingerprint density at radius 2 is 1.78 bits per heavy atom. The van der Waals surface area contributed by atoms with Crippen LogP contribution in [0.1, 0.15) is 29.8 Å². The predicted molar refractivity (Wildman–Crippen MR) is 111 cm³/mol. The summed E-state index contributed by atoms with van der Waals surface area (Å²) in [5.41, 5.74) is -1.73. The molecule has 1 heterocycles. The molecule has 1 N–H and O–H groups in total. The van der Waals surface area contributed by atoms with Crippen LogP contribution in [0.4, 0.5) is 18.9 Å². The second-order valence-corrected chi connectivity index (χ2v) is 9.28. The van der Waals surface area contributed by atoms with Crippen molar-refractivity contribution in [2.24, 2.45) is 0 Å². The highest BCUT2D eigenvalue weighted by atomic mass is 32.2. The fourth-order valence-electron chi connectivity index (χ4n) is 3.18. The summed E-state index contributed by atoms with van der Waals surface area (Å²) in [6.07, 6.45) is -5.05. The summed E-state index contributed by atoms with van der Waals surface area (Å²) in [6, 6.07) is 8.25. The number of benzene rings is 2. The third kappa shape index (κ3) is 5.40. The normalized spacial score (nSPS) is 15.6. The van der Waals surface area contributed by atoms with E-state index in [-0.39, 0.29) is 48.7 Å². The van der Waals surface area contributed by atoms with E-state index < -0.39 is 33.2 Å². The van der Waals surface area contributed by atoms with Gasteiger partial charge >= 0.3 is 6.18 Å². The lowest BCUT2D eigenvalue weighted by atomic mass is 10.1. The van der Waals surface area contributed by atoms with E-state index >= 15 is 0 Å². The zero-order valence-electron chi connectivity index (χ0n) is 17.5. The predicted octanol–water partition coefficient (Wildman–Crippen LogP) is 3.77. The van der Waals surface area contributed by atoms with Crippen LogP contribution in [0.15, 0.2) is 47.4 Å². The summed E-state index contributed by atoms with van der Waals surface area (Å²) >= 11 is 0. The van der Waals surface area contributed by atoms with Gasteiger partial charge in [-0.3, -0.25) is 4.79 Å². The van der Waals surface area contributed by atoms with Crippen LogP contribution in [0.5, 0.6) is 5.75 Å². The van der Waals surface area contributed by atoms with Crippen LogP contribution >= 0.6 is 0 Å². The van der Waals surface area contributed by atoms with Crippen molar-refractivity contribution in [3.05, 3.63) is 53.6 Å². The van der Waals surface area contributed by atoms with Crippen LogP contribution in [-0.2, 0) is 20.9 Å². The van der Waals surface area contributed by atoms with Gasteiger partial charge in [0.2, 0.25) is 10.0 Å². The first-order chi connectivity index (χ1) is 15.0. The van der Waals surface area contributed by atoms with Gasteiger partial charge in [0, 0.05) is 13.1 Å². The molecule has 1 saturated heterocycles. The monoisotopic (exact) mass is 472 g/mol. The Balaban J connectivity index is 1.99. The summed E-state index contributed by atoms with van der Waals surface area (Å²) in [7, 11) is -3.90. The number of rotatable bonds is 6. The largest absolute Gasteiger partial charge is 0.489 e. The molecule has 0 aromatic heterocycles. The summed E-state index contributed by atoms with van der Waals surface area (Å²) < 4.78 is 78.0. The summed E-state index contributed by atoms with van der Waals surface area (Å²) in [4.78, 5) is 12.6. The van der Waals surface area contributed by atoms with E-state index in [0.29, 0.717) is 0 Å². The van der Waals surface area contributed by atoms with Crippen LogP contribution < -0.4 is 10.1 Å². The molecule has 0 radical (unpaired) electrons. The Morgan fingerprint density at radius 3 is 2.41 bits per heavy atom. The minimum Gasteiger partial charge on any atom is -0.489 e. The number of sulfonamides is 1. The van der Waals surface area contributed by atoms with Crippen molar-refractivity contribution in [1.29, 1.82) is 0 Å². The fraction of sp³-hybridized carbons (Fsp3) is 0.381. The van der Waals surface area contributed by atoms with Gasteiger partial charge in [-0.2, -0.15) is 17.5 Å². The summed E-state index contributed by atoms with van der Waals surface area (Å²) in [5, 5.41) is 2.39. The summed E-state index contributed by atoms with van der Waals surface area (Å²) in [6.45, 7) is 4.31. The van der Waals surface area contributed by atoms with Gasteiger partial charge in [0.15, 0.2) is 0 Å². The van der Waals surface area contributed by atoms with E-state index in [9.17, 15) is 26.4 Å². The Bertz CT molecular complexity index is 1080. The second-order valence-electron chi connectivity index (χ2n) is 7.34. The summed E-state index contributed by atoms with van der Waals surface area (Å²) in [5.74, 6) is -0.897. The van der Waals surface area contributed by atoms with Gasteiger partial charge in [-0.15, -0.1) is 0 Å². The average molecular weight is 472 g/mol. The Labute approximate surface area is 184 Å². The molecule has 0 unspecified atom stereocenters. The number of carbonyl (C=O) groups excluding carboxylic acids is 1. The lowest BCUT2D eigenvalue weighted by molar-refractivity contribution is -0.137. The van der Waals surface area contributed by atoms with Crippen molar-refractivity contribution in [3.63, 3.8) is 0 Å². The van der Waals surface area contributed by atoms with Crippen molar-refractivity contribution in [3.8, 4) is 5.75 Å². The molecule has 1 aliphatic heterocycles. The third-order valence-electron chi connectivity index (χ3n) is 4.65. The Morgan fingerprint density at radius 1 is 1.12 bits per heavy atom. The van der Waals surface area contributed by atoms with E-state index in [4.69, 9.17) is 9.47 Å². The molecule has 1 fully saturated rings. The maximum atomic E-state index is 13.3. The number of hydrogen-bond acceptors (Lipinski definition) is 5. The standard InChI is InChI=1S/C21H23F3N2O5S/c1-14(2)31-19-8-7-15(32(28,29)26-9-11-30-12-10-26)13-18(19)25-20(27)16-5-3-4-6-17(16)21(22,23)24/h3-8,13-14H,9-12H2,1-2H3,(H,25,27). The van der Waals surface area contributed by atoms with Crippen LogP contribution in [0, 0.1) is 0 Å². The molecule has 0 spiro atoms. The molecule has 3 rings (SSSR count). The Hall–Kier alpha value is -2.63. The minimum atomic E-state index is -4.73. The van der Waals surface area contributed by atoms with E-state index in [0.717, 1.165) is 12.1 Å². The fourth-order valence-corrected chi connectivity index (χ4v) is 4.61. The highest BCUT2D eigenvalue weighted by molar-refractivity contribution is 7.89. The lowest BCUT2D eigenvalue weighted by Gasteiger charge is -2.26. The molecular weight excluding hydrogens is 449 g/mol. The first-order valence-electron chi connectivity index (χ1n) is 9.86. The molecule has 7 nitrogen and oxygen atoms in total. The van der Waals surface area contributed by atoms with Crippen LogP contribution in [-0.4, -0.2) is 51.0 Å². The Kier molecular flexibility index (Phi) is 7.11. The molecule has 0 aliphatic carbocycles. The van der Waals surface area contributed by atoms with E-state index in [2.05, 4.69) is 5.32 Å². The maximum Gasteiger partial charge on any atom is 0.417 e. The molecule has 0 bridgehead atoms. The molecule has 11 heteroatoms. The molecule has 1 amide bonds. The number of hydrogen-bond donors (Lipinski definition) is 1. The van der Waals surface area contributed by atoms with E-state index in [1.165, 1.54) is 34.6 Å². The number of morpholine rings is 1. The molecular formula is C21H23F3N2O5S. The topological polar surface area (TPSA) is 84.9 Å². The molecule has 0 atom stereocenters. The maximum absolute atomic E-state index is 13.3. The highest BCUT2D eigenvalue weighted by Gasteiger charge is 2.35. The molecule has 174 valence electrons. The second kappa shape index (κ2) is 9.47. The number of amides is 1. The molecule has 1 aliphatic rings. The van der Waals surface area contributed by atoms with Crippen molar-refractivity contribution in [2.45, 2.75) is 31.0 Å². The van der Waals surface area contributed by atoms with Crippen LogP contribution in [0.25, 0.3) is 0 Å². The SMILES string of the molecule is CC(C)Oc1ccc(S(=O)(=O)N2CCOCC2)cc1NC(=O)c1ccccc1C(F)(F)F. The number of halogens is 3. The molecule has 2 aromatic rings. The van der Waals surface area contributed by atoms with Gasteiger partial charge in [0.05, 0.1) is 41.0 Å². The van der Waals surface area contributed by atoms with Crippen molar-refractivity contribution in [2.75, 3.05) is 31.6 Å². The van der Waals surface area contributed by atoms with E-state index in [1.807, 2.05) is 0 Å². The number of alkyl halides is 3. The first kappa shape index (κ1) is 24.0. The third-order valence-corrected chi connectivity index (χ3v) is 6.54. The number of carbonyl (C=O) groups is 1. The number of nitrogens with one attached hydrogen (secondary N) is 1. The van der Waals surface area contributed by atoms with Crippen LogP contribution in [0.3, 0.4) is 0 Å². The number of nitrogens with zero attached hydrogens (tertiary/aromatic N) is 1. The quantitative estimate of drug-likeness (QED) is 0.692.